The van der Waals surface area contributed by atoms with E-state index in [-0.39, 0.29) is 11.7 Å². The molecule has 3 aromatic heterocycles. The van der Waals surface area contributed by atoms with Gasteiger partial charge in [-0.3, -0.25) is 9.78 Å². The van der Waals surface area contributed by atoms with Crippen molar-refractivity contribution >= 4 is 28.6 Å². The molecule has 1 atom stereocenters. The summed E-state index contributed by atoms with van der Waals surface area (Å²) in [5, 5.41) is 3.03. The van der Waals surface area contributed by atoms with Crippen LogP contribution in [-0.4, -0.2) is 61.7 Å². The maximum atomic E-state index is 14.6. The molecule has 0 aliphatic carbocycles. The van der Waals surface area contributed by atoms with E-state index in [4.69, 9.17) is 16.2 Å². The smallest absolute Gasteiger partial charge is 0.242 e. The van der Waals surface area contributed by atoms with Crippen LogP contribution in [-0.2, 0) is 11.3 Å². The van der Waals surface area contributed by atoms with Gasteiger partial charge in [0.2, 0.25) is 5.91 Å². The number of pyridine rings is 1. The largest absolute Gasteiger partial charge is 0.494 e. The number of nitrogens with two attached hydrogens (primary N) is 2. The minimum atomic E-state index is -1.07. The zero-order valence-electron chi connectivity index (χ0n) is 23.1. The number of halogens is 1. The fourth-order valence-corrected chi connectivity index (χ4v) is 5.02. The van der Waals surface area contributed by atoms with Crippen LogP contribution in [0.4, 0.5) is 15.9 Å². The number of anilines is 2. The third kappa shape index (κ3) is 5.39. The first kappa shape index (κ1) is 27.3. The van der Waals surface area contributed by atoms with Gasteiger partial charge in [0.1, 0.15) is 17.4 Å². The van der Waals surface area contributed by atoms with Gasteiger partial charge in [-0.1, -0.05) is 0 Å². The van der Waals surface area contributed by atoms with E-state index in [2.05, 4.69) is 30.2 Å². The molecule has 1 saturated heterocycles. The lowest BCUT2D eigenvalue weighted by Gasteiger charge is -2.42. The molecule has 1 aliphatic rings. The number of fused-ring (bicyclic) bond motifs is 1. The van der Waals surface area contributed by atoms with Gasteiger partial charge >= 0.3 is 0 Å². The van der Waals surface area contributed by atoms with Crippen molar-refractivity contribution < 1.29 is 13.9 Å². The average Bonchev–Trinajstić information content (AvgIpc) is 3.31. The Balaban J connectivity index is 1.55. The van der Waals surface area contributed by atoms with Crippen molar-refractivity contribution in [3.8, 4) is 17.0 Å². The number of aromatic nitrogens is 5. The van der Waals surface area contributed by atoms with Crippen molar-refractivity contribution in [2.45, 2.75) is 51.2 Å². The topological polar surface area (TPSA) is 150 Å². The Bertz CT molecular complexity index is 1570. The lowest BCUT2D eigenvalue weighted by atomic mass is 9.87. The number of hydrogen-bond donors (Lipinski definition) is 3. The molecule has 0 unspecified atom stereocenters. The van der Waals surface area contributed by atoms with E-state index >= 15 is 0 Å². The number of rotatable bonds is 6. The van der Waals surface area contributed by atoms with E-state index in [1.807, 2.05) is 31.4 Å². The van der Waals surface area contributed by atoms with Crippen molar-refractivity contribution in [3.05, 3.63) is 54.5 Å². The van der Waals surface area contributed by atoms with E-state index in [1.54, 1.807) is 24.7 Å². The number of benzene rings is 1. The van der Waals surface area contributed by atoms with Crippen LogP contribution in [0.15, 0.2) is 43.1 Å². The van der Waals surface area contributed by atoms with Gasteiger partial charge in [-0.2, -0.15) is 0 Å². The summed E-state index contributed by atoms with van der Waals surface area (Å²) in [5.41, 5.74) is 15.2. The number of piperidine rings is 1. The van der Waals surface area contributed by atoms with E-state index in [9.17, 15) is 9.18 Å². The number of carbonyl (C=O) groups excluding carboxylic acids is 1. The monoisotopic (exact) mass is 547 g/mol. The highest BCUT2D eigenvalue weighted by Gasteiger charge is 2.40. The molecular formula is C28H34FN9O2. The van der Waals surface area contributed by atoms with Gasteiger partial charge < -0.3 is 31.0 Å². The average molecular weight is 548 g/mol. The van der Waals surface area contributed by atoms with Gasteiger partial charge in [-0.25, -0.2) is 19.3 Å². The highest BCUT2D eigenvalue weighted by atomic mass is 19.1. The predicted octanol–water partition coefficient (Wildman–Crippen LogP) is 2.88. The van der Waals surface area contributed by atoms with E-state index in [1.165, 1.54) is 19.5 Å². The third-order valence-corrected chi connectivity index (χ3v) is 6.99. The summed E-state index contributed by atoms with van der Waals surface area (Å²) < 4.78 is 21.5. The number of carbonyl (C=O) groups is 1. The molecule has 1 aliphatic heterocycles. The van der Waals surface area contributed by atoms with Crippen molar-refractivity contribution in [1.29, 1.82) is 0 Å². The molecular weight excluding hydrogens is 513 g/mol. The number of methoxy groups -OCH3 is 1. The maximum Gasteiger partial charge on any atom is 0.242 e. The van der Waals surface area contributed by atoms with Crippen LogP contribution in [0.3, 0.4) is 0 Å². The molecule has 0 bridgehead atoms. The van der Waals surface area contributed by atoms with Crippen LogP contribution in [0.1, 0.15) is 39.2 Å². The van der Waals surface area contributed by atoms with Crippen LogP contribution >= 0.6 is 0 Å². The third-order valence-electron chi connectivity index (χ3n) is 6.99. The molecule has 11 nitrogen and oxygen atoms in total. The fraction of sp³-hybridized carbons (Fsp3) is 0.393. The Morgan fingerprint density at radius 3 is 2.73 bits per heavy atom. The Kier molecular flexibility index (Phi) is 7.05. The predicted molar refractivity (Wildman–Crippen MR) is 151 cm³/mol. The van der Waals surface area contributed by atoms with Gasteiger partial charge in [0.15, 0.2) is 23.0 Å². The molecule has 5 rings (SSSR count). The minimum absolute atomic E-state index is 0.156. The number of ether oxygens (including phenoxy) is 1. The normalized spacial score (nSPS) is 17.7. The summed E-state index contributed by atoms with van der Waals surface area (Å²) in [4.78, 5) is 32.8. The highest BCUT2D eigenvalue weighted by Crippen LogP contribution is 2.32. The highest BCUT2D eigenvalue weighted by molar-refractivity contribution is 5.88. The second-order valence-corrected chi connectivity index (χ2v) is 11.2. The quantitative estimate of drug-likeness (QED) is 0.331. The Labute approximate surface area is 231 Å². The molecule has 0 spiro atoms. The molecule has 210 valence electrons. The number of nitrogens with one attached hydrogen (secondary N) is 1. The van der Waals surface area contributed by atoms with Crippen LogP contribution in [0.2, 0.25) is 0 Å². The van der Waals surface area contributed by atoms with E-state index in [0.717, 1.165) is 17.7 Å². The minimum Gasteiger partial charge on any atom is -0.494 e. The van der Waals surface area contributed by atoms with Crippen LogP contribution in [0, 0.1) is 5.82 Å². The number of hydrogen-bond acceptors (Lipinski definition) is 9. The number of imidazole rings is 1. The van der Waals surface area contributed by atoms with Gasteiger partial charge in [0.25, 0.3) is 0 Å². The Hall–Kier alpha value is -4.32. The summed E-state index contributed by atoms with van der Waals surface area (Å²) in [6.07, 6.45) is 6.11. The molecule has 0 radical (unpaired) electrons. The molecule has 12 heteroatoms. The molecule has 5 N–H and O–H groups in total. The lowest BCUT2D eigenvalue weighted by molar-refractivity contribution is -0.128. The standard InChI is InChI=1S/C28H34FN9O2/c1-27(2,3)36-26(39)28(31)8-5-9-37(14-28)21-12-32-20(17-6-7-22(40-4)19(29)10-17)11-18(21)13-38-16-35-23-24(30)33-15-34-25(23)38/h6-7,10-12,15-16H,5,8-9,13-14,31H2,1-4H3,(H,36,39)(H2,30,33,34)/t28-/m1/s1. The van der Waals surface area contributed by atoms with Crippen LogP contribution in [0.25, 0.3) is 22.4 Å². The summed E-state index contributed by atoms with van der Waals surface area (Å²) >= 11 is 0. The number of amides is 1. The van der Waals surface area contributed by atoms with Crippen molar-refractivity contribution in [2.75, 3.05) is 30.8 Å². The van der Waals surface area contributed by atoms with Gasteiger partial charge in [0, 0.05) is 24.2 Å². The summed E-state index contributed by atoms with van der Waals surface area (Å²) in [7, 11) is 1.42. The fourth-order valence-electron chi connectivity index (χ4n) is 5.02. The van der Waals surface area contributed by atoms with E-state index in [0.29, 0.717) is 54.3 Å². The lowest BCUT2D eigenvalue weighted by Crippen LogP contribution is -2.65. The molecule has 1 amide bonds. The first-order valence-electron chi connectivity index (χ1n) is 13.1. The summed E-state index contributed by atoms with van der Waals surface area (Å²) in [6.45, 7) is 7.20. The maximum absolute atomic E-state index is 14.6. The first-order valence-corrected chi connectivity index (χ1v) is 13.1. The molecule has 4 heterocycles. The Morgan fingerprint density at radius 1 is 1.20 bits per heavy atom. The molecule has 0 saturated carbocycles. The molecule has 1 aromatic carbocycles. The van der Waals surface area contributed by atoms with Crippen LogP contribution < -0.4 is 26.4 Å². The van der Waals surface area contributed by atoms with Crippen LogP contribution in [0.5, 0.6) is 5.75 Å². The number of nitrogen functional groups attached to an aromatic ring is 1. The summed E-state index contributed by atoms with van der Waals surface area (Å²) in [5.74, 6) is -0.211. The molecule has 4 aromatic rings. The number of nitrogens with zero attached hydrogens (tertiary/aromatic N) is 6. The van der Waals surface area contributed by atoms with Gasteiger partial charge in [-0.15, -0.1) is 0 Å². The van der Waals surface area contributed by atoms with Gasteiger partial charge in [-0.05, 0) is 63.4 Å². The van der Waals surface area contributed by atoms with E-state index < -0.39 is 16.9 Å². The van der Waals surface area contributed by atoms with Crippen molar-refractivity contribution in [2.24, 2.45) is 5.73 Å². The second kappa shape index (κ2) is 10.3. The SMILES string of the molecule is COc1ccc(-c2cc(Cn3cnc4c(N)ncnc43)c(N3CCC[C@](N)(C(=O)NC(C)(C)C)C3)cn2)cc1F. The molecule has 40 heavy (non-hydrogen) atoms. The Morgan fingerprint density at radius 2 is 2.00 bits per heavy atom. The first-order chi connectivity index (χ1) is 19.0. The van der Waals surface area contributed by atoms with Crippen molar-refractivity contribution in [3.63, 3.8) is 0 Å². The second-order valence-electron chi connectivity index (χ2n) is 11.2. The zero-order valence-corrected chi connectivity index (χ0v) is 23.1. The van der Waals surface area contributed by atoms with Gasteiger partial charge in [0.05, 0.1) is 37.6 Å². The summed E-state index contributed by atoms with van der Waals surface area (Å²) in [6, 6.07) is 6.64. The van der Waals surface area contributed by atoms with Crippen molar-refractivity contribution in [1.82, 2.24) is 29.8 Å². The molecule has 1 fully saturated rings. The zero-order chi connectivity index (χ0) is 28.7.